The molecule has 4 rings (SSSR count). The number of thiophene rings is 1. The molecule has 2 fully saturated rings. The molecule has 2 amide bonds. The molecule has 0 radical (unpaired) electrons. The molecule has 196 valence electrons. The van der Waals surface area contributed by atoms with E-state index in [9.17, 15) is 18.0 Å². The van der Waals surface area contributed by atoms with E-state index in [4.69, 9.17) is 4.74 Å². The quantitative estimate of drug-likeness (QED) is 0.505. The van der Waals surface area contributed by atoms with Gasteiger partial charge in [0.1, 0.15) is 6.61 Å². The maximum atomic E-state index is 13.4. The summed E-state index contributed by atoms with van der Waals surface area (Å²) < 4.78 is 28.4. The zero-order valence-electron chi connectivity index (χ0n) is 20.9. The summed E-state index contributed by atoms with van der Waals surface area (Å²) in [6.07, 6.45) is 4.56. The Morgan fingerprint density at radius 1 is 1.14 bits per heavy atom. The van der Waals surface area contributed by atoms with E-state index in [-0.39, 0.29) is 29.9 Å². The molecular formula is C26H35N3O5S2. The van der Waals surface area contributed by atoms with Crippen LogP contribution in [0.15, 0.2) is 46.7 Å². The van der Waals surface area contributed by atoms with Gasteiger partial charge in [-0.05, 0) is 67.9 Å². The summed E-state index contributed by atoms with van der Waals surface area (Å²) in [6.45, 7) is 3.89. The van der Waals surface area contributed by atoms with Crippen LogP contribution in [0.2, 0.25) is 0 Å². The van der Waals surface area contributed by atoms with Crippen molar-refractivity contribution in [3.8, 4) is 0 Å². The number of nitrogens with one attached hydrogen (secondary N) is 1. The minimum atomic E-state index is -3.23. The second-order valence-corrected chi connectivity index (χ2v) is 12.9. The summed E-state index contributed by atoms with van der Waals surface area (Å²) in [4.78, 5) is 31.2. The number of methoxy groups -OCH3 is 1. The van der Waals surface area contributed by atoms with Crippen LogP contribution >= 0.6 is 11.3 Å². The molecule has 2 aromatic rings. The molecular weight excluding hydrogens is 498 g/mol. The Labute approximate surface area is 217 Å². The second-order valence-electron chi connectivity index (χ2n) is 9.87. The summed E-state index contributed by atoms with van der Waals surface area (Å²) in [6, 6.07) is 10.8. The lowest BCUT2D eigenvalue weighted by atomic mass is 9.77. The van der Waals surface area contributed by atoms with Crippen molar-refractivity contribution in [2.75, 3.05) is 46.2 Å². The number of hydrogen-bond acceptors (Lipinski definition) is 7. The van der Waals surface area contributed by atoms with Gasteiger partial charge in [-0.15, -0.1) is 11.3 Å². The van der Waals surface area contributed by atoms with Gasteiger partial charge in [0.15, 0.2) is 9.84 Å². The summed E-state index contributed by atoms with van der Waals surface area (Å²) >= 11 is 1.64. The van der Waals surface area contributed by atoms with Crippen LogP contribution in [0.4, 0.5) is 0 Å². The first-order valence-corrected chi connectivity index (χ1v) is 15.1. The lowest BCUT2D eigenvalue weighted by Gasteiger charge is -2.38. The van der Waals surface area contributed by atoms with Crippen molar-refractivity contribution in [3.05, 3.63) is 52.2 Å². The van der Waals surface area contributed by atoms with E-state index in [2.05, 4.69) is 10.2 Å². The van der Waals surface area contributed by atoms with Crippen LogP contribution in [0.3, 0.4) is 0 Å². The molecule has 10 heteroatoms. The zero-order valence-corrected chi connectivity index (χ0v) is 22.6. The van der Waals surface area contributed by atoms with Gasteiger partial charge in [0.05, 0.1) is 16.4 Å². The number of carbonyl (C=O) groups excluding carboxylic acids is 2. The fourth-order valence-electron chi connectivity index (χ4n) is 5.23. The second kappa shape index (κ2) is 11.4. The van der Waals surface area contributed by atoms with E-state index < -0.39 is 9.84 Å². The van der Waals surface area contributed by atoms with Crippen molar-refractivity contribution in [1.82, 2.24) is 15.1 Å². The molecule has 0 bridgehead atoms. The van der Waals surface area contributed by atoms with Gasteiger partial charge in [-0.25, -0.2) is 8.42 Å². The highest BCUT2D eigenvalue weighted by Gasteiger charge is 2.47. The SMILES string of the molecule is COCC(=O)NC(CCN1CCC2(CC1)CCN(Cc1ccc(S(C)(=O)=O)cc1)C2=O)c1cccs1. The number of piperidine rings is 1. The predicted molar refractivity (Wildman–Crippen MR) is 139 cm³/mol. The largest absolute Gasteiger partial charge is 0.375 e. The van der Waals surface area contributed by atoms with Gasteiger partial charge >= 0.3 is 0 Å². The number of rotatable bonds is 10. The molecule has 0 saturated carbocycles. The lowest BCUT2D eigenvalue weighted by Crippen LogP contribution is -2.45. The fourth-order valence-corrected chi connectivity index (χ4v) is 6.67. The monoisotopic (exact) mass is 533 g/mol. The van der Waals surface area contributed by atoms with E-state index in [1.165, 1.54) is 13.4 Å². The first kappa shape index (κ1) is 26.8. The van der Waals surface area contributed by atoms with Crippen molar-refractivity contribution in [2.24, 2.45) is 5.41 Å². The highest BCUT2D eigenvalue weighted by atomic mass is 32.2. The fraction of sp³-hybridized carbons (Fsp3) is 0.538. The van der Waals surface area contributed by atoms with E-state index in [0.29, 0.717) is 11.4 Å². The Bertz CT molecular complexity index is 1140. The summed E-state index contributed by atoms with van der Waals surface area (Å²) in [7, 11) is -1.71. The topological polar surface area (TPSA) is 96.0 Å². The molecule has 8 nitrogen and oxygen atoms in total. The zero-order chi connectivity index (χ0) is 25.8. The highest BCUT2D eigenvalue weighted by molar-refractivity contribution is 7.90. The average Bonchev–Trinajstić information content (AvgIpc) is 3.48. The molecule has 1 aromatic carbocycles. The summed E-state index contributed by atoms with van der Waals surface area (Å²) in [5.74, 6) is 0.105. The van der Waals surface area contributed by atoms with Crippen LogP contribution in [0.1, 0.15) is 42.2 Å². The van der Waals surface area contributed by atoms with Gasteiger partial charge in [0, 0.05) is 37.9 Å². The lowest BCUT2D eigenvalue weighted by molar-refractivity contribution is -0.139. The van der Waals surface area contributed by atoms with Crippen LogP contribution in [-0.4, -0.2) is 76.2 Å². The summed E-state index contributed by atoms with van der Waals surface area (Å²) in [5.41, 5.74) is 0.656. The molecule has 1 spiro atoms. The normalized spacial score (nSPS) is 19.1. The van der Waals surface area contributed by atoms with Crippen LogP contribution in [0.5, 0.6) is 0 Å². The van der Waals surface area contributed by atoms with E-state index in [1.54, 1.807) is 35.6 Å². The Balaban J connectivity index is 1.29. The van der Waals surface area contributed by atoms with Crippen molar-refractivity contribution < 1.29 is 22.7 Å². The Hall–Kier alpha value is -2.27. The van der Waals surface area contributed by atoms with Gasteiger partial charge in [-0.3, -0.25) is 9.59 Å². The summed E-state index contributed by atoms with van der Waals surface area (Å²) in [5, 5.41) is 5.10. The standard InChI is InChI=1S/C26H35N3O5S2/c1-34-19-24(30)27-22(23-4-3-17-35-23)9-13-28-14-10-26(11-15-28)12-16-29(25(26)31)18-20-5-7-21(8-6-20)36(2,32)33/h3-8,17,22H,9-16,18-19H2,1-2H3,(H,27,30). The highest BCUT2D eigenvalue weighted by Crippen LogP contribution is 2.42. The first-order chi connectivity index (χ1) is 17.2. The third kappa shape index (κ3) is 6.34. The van der Waals surface area contributed by atoms with E-state index in [1.807, 2.05) is 22.4 Å². The number of benzene rings is 1. The van der Waals surface area contributed by atoms with Crippen LogP contribution < -0.4 is 5.32 Å². The van der Waals surface area contributed by atoms with Gasteiger partial charge in [-0.1, -0.05) is 18.2 Å². The third-order valence-electron chi connectivity index (χ3n) is 7.37. The van der Waals surface area contributed by atoms with Crippen LogP contribution in [-0.2, 0) is 30.7 Å². The van der Waals surface area contributed by atoms with E-state index >= 15 is 0 Å². The number of hydrogen-bond donors (Lipinski definition) is 1. The smallest absolute Gasteiger partial charge is 0.246 e. The van der Waals surface area contributed by atoms with Crippen molar-refractivity contribution in [1.29, 1.82) is 0 Å². The first-order valence-electron chi connectivity index (χ1n) is 12.3. The van der Waals surface area contributed by atoms with Gasteiger partial charge < -0.3 is 19.9 Å². The molecule has 1 N–H and O–H groups in total. The van der Waals surface area contributed by atoms with Crippen molar-refractivity contribution >= 4 is 33.0 Å². The molecule has 2 aliphatic heterocycles. The maximum Gasteiger partial charge on any atom is 0.246 e. The van der Waals surface area contributed by atoms with Gasteiger partial charge in [-0.2, -0.15) is 0 Å². The average molecular weight is 534 g/mol. The molecule has 1 atom stereocenters. The minimum absolute atomic E-state index is 0.0405. The number of sulfone groups is 1. The molecule has 3 heterocycles. The molecule has 1 aromatic heterocycles. The van der Waals surface area contributed by atoms with Crippen LogP contribution in [0, 0.1) is 5.41 Å². The Morgan fingerprint density at radius 2 is 1.83 bits per heavy atom. The molecule has 2 saturated heterocycles. The number of nitrogens with zero attached hydrogens (tertiary/aromatic N) is 2. The van der Waals surface area contributed by atoms with Crippen molar-refractivity contribution in [3.63, 3.8) is 0 Å². The molecule has 1 unspecified atom stereocenters. The minimum Gasteiger partial charge on any atom is -0.375 e. The number of ether oxygens (including phenoxy) is 1. The molecule has 2 aliphatic rings. The Morgan fingerprint density at radius 3 is 2.44 bits per heavy atom. The molecule has 0 aliphatic carbocycles. The third-order valence-corrected chi connectivity index (χ3v) is 9.49. The Kier molecular flexibility index (Phi) is 8.49. The maximum absolute atomic E-state index is 13.4. The number of likely N-dealkylation sites (tertiary alicyclic amines) is 2. The number of amides is 2. The predicted octanol–water partition coefficient (Wildman–Crippen LogP) is 2.86. The van der Waals surface area contributed by atoms with Crippen LogP contribution in [0.25, 0.3) is 0 Å². The van der Waals surface area contributed by atoms with Gasteiger partial charge in [0.2, 0.25) is 11.8 Å². The molecule has 36 heavy (non-hydrogen) atoms. The van der Waals surface area contributed by atoms with Gasteiger partial charge in [0.25, 0.3) is 0 Å². The number of carbonyl (C=O) groups is 2. The van der Waals surface area contributed by atoms with E-state index in [0.717, 1.165) is 62.3 Å². The van der Waals surface area contributed by atoms with Crippen molar-refractivity contribution in [2.45, 2.75) is 43.2 Å².